The zero-order valence-electron chi connectivity index (χ0n) is 20.2. The Bertz CT molecular complexity index is 619. The predicted molar refractivity (Wildman–Crippen MR) is 127 cm³/mol. The maximum Gasteiger partial charge on any atom is 0.192 e. The highest BCUT2D eigenvalue weighted by atomic mass is 28.4. The Balaban J connectivity index is 2.69. The molecule has 1 aromatic rings. The van der Waals surface area contributed by atoms with Crippen molar-refractivity contribution in [3.8, 4) is 0 Å². The molecule has 4 heteroatoms. The molecule has 1 N–H and O–H groups in total. The zero-order chi connectivity index (χ0) is 22.4. The number of ether oxygens (including phenoxy) is 1. The van der Waals surface area contributed by atoms with Crippen molar-refractivity contribution in [1.82, 2.24) is 0 Å². The van der Waals surface area contributed by atoms with Crippen molar-refractivity contribution in [1.29, 1.82) is 0 Å². The minimum Gasteiger partial charge on any atom is -0.413 e. The molecule has 1 aromatic carbocycles. The molecule has 0 fully saturated rings. The van der Waals surface area contributed by atoms with Crippen molar-refractivity contribution in [3.63, 3.8) is 0 Å². The van der Waals surface area contributed by atoms with Gasteiger partial charge in [-0.1, -0.05) is 78.5 Å². The first kappa shape index (κ1) is 26.1. The molecular formula is C25H44O3Si. The average molecular weight is 421 g/mol. The summed E-state index contributed by atoms with van der Waals surface area (Å²) in [6.45, 7) is 24.5. The van der Waals surface area contributed by atoms with Crippen LogP contribution in [0.25, 0.3) is 0 Å². The van der Waals surface area contributed by atoms with Gasteiger partial charge in [0.15, 0.2) is 8.32 Å². The lowest BCUT2D eigenvalue weighted by Crippen LogP contribution is -2.48. The van der Waals surface area contributed by atoms with E-state index in [1.807, 2.05) is 25.1 Å². The fraction of sp³-hybridized carbons (Fsp3) is 0.680. The van der Waals surface area contributed by atoms with E-state index in [0.717, 1.165) is 11.1 Å². The van der Waals surface area contributed by atoms with Gasteiger partial charge in [-0.25, -0.2) is 0 Å². The third kappa shape index (κ3) is 8.01. The van der Waals surface area contributed by atoms with E-state index in [1.54, 1.807) is 0 Å². The van der Waals surface area contributed by atoms with Gasteiger partial charge in [0, 0.05) is 5.92 Å². The first-order chi connectivity index (χ1) is 13.3. The molecule has 1 rings (SSSR count). The first-order valence-electron chi connectivity index (χ1n) is 11.0. The second-order valence-electron chi connectivity index (χ2n) is 10.3. The molecule has 3 nitrogen and oxygen atoms in total. The molecule has 29 heavy (non-hydrogen) atoms. The Hall–Kier alpha value is -0.943. The van der Waals surface area contributed by atoms with Crippen LogP contribution < -0.4 is 0 Å². The van der Waals surface area contributed by atoms with Gasteiger partial charge < -0.3 is 14.3 Å². The zero-order valence-corrected chi connectivity index (χ0v) is 21.2. The minimum absolute atomic E-state index is 0.0271. The largest absolute Gasteiger partial charge is 0.413 e. The van der Waals surface area contributed by atoms with Crippen LogP contribution in [0.3, 0.4) is 0 Å². The normalized spacial score (nSPS) is 17.1. The quantitative estimate of drug-likeness (QED) is 0.324. The van der Waals surface area contributed by atoms with Crippen molar-refractivity contribution in [2.45, 2.75) is 97.9 Å². The summed E-state index contributed by atoms with van der Waals surface area (Å²) in [6, 6.07) is 10.1. The third-order valence-corrected chi connectivity index (χ3v) is 10.9. The summed E-state index contributed by atoms with van der Waals surface area (Å²) in [4.78, 5) is 0. The molecule has 166 valence electrons. The standard InChI is InChI=1S/C25H44O3Si/c1-18(2)24(28-29(9,10)25(6,7)8)20(4)23(26)16-19(3)21(5)27-17-22-14-12-11-13-15-22/h11-15,18,20-21,23-24,26H,3,16-17H2,1-2,4-10H3/t20-,21+,23-,24+/m1/s1. The van der Waals surface area contributed by atoms with Gasteiger partial charge in [-0.3, -0.25) is 0 Å². The van der Waals surface area contributed by atoms with E-state index in [1.165, 1.54) is 0 Å². The molecule has 0 bridgehead atoms. The summed E-state index contributed by atoms with van der Waals surface area (Å²) in [5.74, 6) is 0.371. The predicted octanol–water partition coefficient (Wildman–Crippen LogP) is 6.58. The second kappa shape index (κ2) is 10.9. The fourth-order valence-electron chi connectivity index (χ4n) is 3.12. The summed E-state index contributed by atoms with van der Waals surface area (Å²) in [7, 11) is -1.91. The van der Waals surface area contributed by atoms with Gasteiger partial charge in [0.25, 0.3) is 0 Å². The van der Waals surface area contributed by atoms with Crippen LogP contribution in [0.1, 0.15) is 60.5 Å². The number of aliphatic hydroxyl groups is 1. The molecule has 0 aliphatic carbocycles. The summed E-state index contributed by atoms with van der Waals surface area (Å²) in [5, 5.41) is 11.1. The number of aliphatic hydroxyl groups excluding tert-OH is 1. The maximum absolute atomic E-state index is 11.0. The molecule has 0 aliphatic rings. The van der Waals surface area contributed by atoms with Gasteiger partial charge in [0.05, 0.1) is 24.9 Å². The van der Waals surface area contributed by atoms with Crippen LogP contribution in [0.5, 0.6) is 0 Å². The molecule has 0 spiro atoms. The van der Waals surface area contributed by atoms with Crippen molar-refractivity contribution in [2.24, 2.45) is 11.8 Å². The van der Waals surface area contributed by atoms with E-state index in [2.05, 4.69) is 73.3 Å². The molecule has 0 radical (unpaired) electrons. The Labute approximate surface area is 180 Å². The van der Waals surface area contributed by atoms with Crippen LogP contribution in [0.15, 0.2) is 42.5 Å². The van der Waals surface area contributed by atoms with Crippen LogP contribution in [0.2, 0.25) is 18.1 Å². The highest BCUT2D eigenvalue weighted by Crippen LogP contribution is 2.39. The van der Waals surface area contributed by atoms with Crippen molar-refractivity contribution < 1.29 is 14.3 Å². The van der Waals surface area contributed by atoms with Crippen LogP contribution in [-0.4, -0.2) is 31.7 Å². The van der Waals surface area contributed by atoms with Gasteiger partial charge in [-0.05, 0) is 48.5 Å². The summed E-state index contributed by atoms with van der Waals surface area (Å²) >= 11 is 0. The Kier molecular flexibility index (Phi) is 9.81. The third-order valence-electron chi connectivity index (χ3n) is 6.41. The molecule has 0 aliphatic heterocycles. The van der Waals surface area contributed by atoms with Crippen molar-refractivity contribution >= 4 is 8.32 Å². The Morgan fingerprint density at radius 2 is 1.62 bits per heavy atom. The van der Waals surface area contributed by atoms with Gasteiger partial charge >= 0.3 is 0 Å². The van der Waals surface area contributed by atoms with Gasteiger partial charge in [-0.15, -0.1) is 0 Å². The van der Waals surface area contributed by atoms with Crippen LogP contribution in [0, 0.1) is 11.8 Å². The van der Waals surface area contributed by atoms with Crippen molar-refractivity contribution in [2.75, 3.05) is 0 Å². The molecule has 0 unspecified atom stereocenters. The Morgan fingerprint density at radius 3 is 2.10 bits per heavy atom. The molecule has 0 amide bonds. The number of rotatable bonds is 11. The second-order valence-corrected chi connectivity index (χ2v) is 15.1. The van der Waals surface area contributed by atoms with Gasteiger partial charge in [-0.2, -0.15) is 0 Å². The first-order valence-corrected chi connectivity index (χ1v) is 13.9. The number of hydrogen-bond donors (Lipinski definition) is 1. The SMILES string of the molecule is C=C(C[C@@H](O)[C@@H](C)[C@@H](O[Si](C)(C)C(C)(C)C)C(C)C)[C@H](C)OCc1ccccc1. The number of hydrogen-bond acceptors (Lipinski definition) is 3. The summed E-state index contributed by atoms with van der Waals surface area (Å²) in [5.41, 5.74) is 2.07. The average Bonchev–Trinajstić information content (AvgIpc) is 2.63. The molecule has 0 saturated carbocycles. The van der Waals surface area contributed by atoms with Crippen LogP contribution in [-0.2, 0) is 15.8 Å². The van der Waals surface area contributed by atoms with E-state index in [-0.39, 0.29) is 23.2 Å². The molecule has 0 aromatic heterocycles. The van der Waals surface area contributed by atoms with E-state index in [4.69, 9.17) is 9.16 Å². The highest BCUT2D eigenvalue weighted by molar-refractivity contribution is 6.74. The fourth-order valence-corrected chi connectivity index (χ4v) is 4.64. The highest BCUT2D eigenvalue weighted by Gasteiger charge is 2.41. The Morgan fingerprint density at radius 1 is 1.07 bits per heavy atom. The lowest BCUT2D eigenvalue weighted by Gasteiger charge is -2.43. The van der Waals surface area contributed by atoms with E-state index in [9.17, 15) is 5.11 Å². The van der Waals surface area contributed by atoms with Gasteiger partial charge in [0.2, 0.25) is 0 Å². The lowest BCUT2D eigenvalue weighted by atomic mass is 9.87. The van der Waals surface area contributed by atoms with Crippen LogP contribution >= 0.6 is 0 Å². The van der Waals surface area contributed by atoms with Crippen molar-refractivity contribution in [3.05, 3.63) is 48.0 Å². The number of benzene rings is 1. The molecular weight excluding hydrogens is 376 g/mol. The monoisotopic (exact) mass is 420 g/mol. The van der Waals surface area contributed by atoms with E-state index < -0.39 is 14.4 Å². The summed E-state index contributed by atoms with van der Waals surface area (Å²) in [6.07, 6.45) is -0.0427. The van der Waals surface area contributed by atoms with E-state index >= 15 is 0 Å². The van der Waals surface area contributed by atoms with E-state index in [0.29, 0.717) is 18.9 Å². The summed E-state index contributed by atoms with van der Waals surface area (Å²) < 4.78 is 12.7. The van der Waals surface area contributed by atoms with Crippen LogP contribution in [0.4, 0.5) is 0 Å². The lowest BCUT2D eigenvalue weighted by molar-refractivity contribution is 0.000721. The maximum atomic E-state index is 11.0. The minimum atomic E-state index is -1.91. The molecule has 0 heterocycles. The smallest absolute Gasteiger partial charge is 0.192 e. The molecule has 4 atom stereocenters. The molecule has 0 saturated heterocycles. The topological polar surface area (TPSA) is 38.7 Å². The van der Waals surface area contributed by atoms with Gasteiger partial charge in [0.1, 0.15) is 0 Å².